The van der Waals surface area contributed by atoms with Gasteiger partial charge >= 0.3 is 0 Å². The highest BCUT2D eigenvalue weighted by Crippen LogP contribution is 2.32. The maximum atomic E-state index is 12.0. The van der Waals surface area contributed by atoms with Crippen LogP contribution in [-0.2, 0) is 9.84 Å². The fraction of sp³-hybridized carbons (Fsp3) is 0.273. The second-order valence-corrected chi connectivity index (χ2v) is 5.66. The molecule has 15 heavy (non-hydrogen) atoms. The summed E-state index contributed by atoms with van der Waals surface area (Å²) < 4.78 is 24.0. The largest absolute Gasteiger partial charge is 0.315 e. The lowest BCUT2D eigenvalue weighted by Gasteiger charge is -2.03. The van der Waals surface area contributed by atoms with Crippen molar-refractivity contribution in [3.63, 3.8) is 0 Å². The Morgan fingerprint density at radius 1 is 1.33 bits per heavy atom. The van der Waals surface area contributed by atoms with Crippen molar-refractivity contribution >= 4 is 15.9 Å². The van der Waals surface area contributed by atoms with E-state index in [-0.39, 0.29) is 0 Å². The van der Waals surface area contributed by atoms with Crippen LogP contribution in [0, 0.1) is 6.92 Å². The first-order valence-corrected chi connectivity index (χ1v) is 6.25. The minimum atomic E-state index is -3.23. The molecule has 1 aliphatic rings. The Morgan fingerprint density at radius 3 is 2.73 bits per heavy atom. The summed E-state index contributed by atoms with van der Waals surface area (Å²) in [6, 6.07) is 5.50. The molecule has 1 aliphatic heterocycles. The topological polar surface area (TPSA) is 46.2 Å². The molecule has 0 aromatic heterocycles. The van der Waals surface area contributed by atoms with Gasteiger partial charge in [-0.2, -0.15) is 0 Å². The Bertz CT molecular complexity index is 530. The molecule has 0 amide bonds. The van der Waals surface area contributed by atoms with Crippen molar-refractivity contribution in [1.29, 1.82) is 0 Å². The molecule has 0 spiro atoms. The van der Waals surface area contributed by atoms with Gasteiger partial charge in [-0.15, -0.1) is 0 Å². The van der Waals surface area contributed by atoms with Gasteiger partial charge in [0.2, 0.25) is 9.84 Å². The molecule has 0 atom stereocenters. The highest BCUT2D eigenvalue weighted by atomic mass is 32.2. The van der Waals surface area contributed by atoms with E-state index in [1.165, 1.54) is 0 Å². The standard InChI is InChI=1S/C11H13NO2S/c1-8-3-4-9-6-10(7-12-2)15(13,14)11(9)5-8/h3-6,12H,7H2,1-2H3. The van der Waals surface area contributed by atoms with Crippen molar-refractivity contribution in [3.05, 3.63) is 34.2 Å². The second-order valence-electron chi connectivity index (χ2n) is 3.69. The van der Waals surface area contributed by atoms with Gasteiger partial charge in [-0.05, 0) is 37.2 Å². The molecule has 2 rings (SSSR count). The minimum Gasteiger partial charge on any atom is -0.315 e. The van der Waals surface area contributed by atoms with Crippen LogP contribution < -0.4 is 5.32 Å². The first-order valence-electron chi connectivity index (χ1n) is 4.76. The van der Waals surface area contributed by atoms with Crippen molar-refractivity contribution in [1.82, 2.24) is 5.32 Å². The van der Waals surface area contributed by atoms with E-state index in [4.69, 9.17) is 0 Å². The van der Waals surface area contributed by atoms with Gasteiger partial charge in [0.15, 0.2) is 0 Å². The number of rotatable bonds is 2. The van der Waals surface area contributed by atoms with E-state index >= 15 is 0 Å². The van der Waals surface area contributed by atoms with Crippen molar-refractivity contribution in [3.8, 4) is 0 Å². The zero-order valence-corrected chi connectivity index (χ0v) is 9.56. The molecule has 0 bridgehead atoms. The lowest BCUT2D eigenvalue weighted by atomic mass is 10.1. The molecule has 1 heterocycles. The van der Waals surface area contributed by atoms with Crippen LogP contribution in [0.15, 0.2) is 28.0 Å². The van der Waals surface area contributed by atoms with E-state index in [2.05, 4.69) is 5.32 Å². The smallest absolute Gasteiger partial charge is 0.204 e. The molecular formula is C11H13NO2S. The number of fused-ring (bicyclic) bond motifs is 1. The second kappa shape index (κ2) is 3.47. The summed E-state index contributed by atoms with van der Waals surface area (Å²) in [5, 5.41) is 2.87. The average molecular weight is 223 g/mol. The SMILES string of the molecule is CNCC1=Cc2ccc(C)cc2S1(=O)=O. The summed E-state index contributed by atoms with van der Waals surface area (Å²) in [6.45, 7) is 2.28. The van der Waals surface area contributed by atoms with Gasteiger partial charge in [0, 0.05) is 6.54 Å². The molecule has 4 heteroatoms. The number of sulfone groups is 1. The Morgan fingerprint density at radius 2 is 2.07 bits per heavy atom. The predicted octanol–water partition coefficient (Wildman–Crippen LogP) is 1.34. The normalized spacial score (nSPS) is 17.3. The van der Waals surface area contributed by atoms with E-state index in [0.29, 0.717) is 16.3 Å². The molecule has 0 fully saturated rings. The monoisotopic (exact) mass is 223 g/mol. The van der Waals surface area contributed by atoms with Gasteiger partial charge in [-0.3, -0.25) is 0 Å². The number of hydrogen-bond acceptors (Lipinski definition) is 3. The molecular weight excluding hydrogens is 210 g/mol. The maximum Gasteiger partial charge on any atom is 0.204 e. The zero-order chi connectivity index (χ0) is 11.1. The highest BCUT2D eigenvalue weighted by Gasteiger charge is 2.28. The molecule has 80 valence electrons. The summed E-state index contributed by atoms with van der Waals surface area (Å²) in [5.74, 6) is 0. The summed E-state index contributed by atoms with van der Waals surface area (Å²) in [4.78, 5) is 0.887. The Labute approximate surface area is 89.7 Å². The lowest BCUT2D eigenvalue weighted by Crippen LogP contribution is -2.15. The number of nitrogens with one attached hydrogen (secondary N) is 1. The third-order valence-corrected chi connectivity index (χ3v) is 4.36. The van der Waals surface area contributed by atoms with Crippen molar-refractivity contribution in [2.45, 2.75) is 11.8 Å². The van der Waals surface area contributed by atoms with Crippen molar-refractivity contribution in [2.24, 2.45) is 0 Å². The first-order chi connectivity index (χ1) is 7.05. The average Bonchev–Trinajstić information content (AvgIpc) is 2.41. The molecule has 1 N–H and O–H groups in total. The first kappa shape index (κ1) is 10.4. The molecule has 1 aromatic carbocycles. The Kier molecular flexibility index (Phi) is 2.40. The minimum absolute atomic E-state index is 0.385. The van der Waals surface area contributed by atoms with E-state index in [1.54, 1.807) is 19.2 Å². The van der Waals surface area contributed by atoms with Crippen LogP contribution in [0.3, 0.4) is 0 Å². The third kappa shape index (κ3) is 1.60. The van der Waals surface area contributed by atoms with E-state index < -0.39 is 9.84 Å². The van der Waals surface area contributed by atoms with Crippen LogP contribution in [0.25, 0.3) is 6.08 Å². The van der Waals surface area contributed by atoms with Crippen LogP contribution in [0.4, 0.5) is 0 Å². The summed E-state index contributed by atoms with van der Waals surface area (Å²) >= 11 is 0. The summed E-state index contributed by atoms with van der Waals surface area (Å²) in [7, 11) is -1.49. The number of likely N-dealkylation sites (N-methyl/N-ethyl adjacent to an activating group) is 1. The summed E-state index contributed by atoms with van der Waals surface area (Å²) in [5.41, 5.74) is 1.77. The Balaban J connectivity index is 2.58. The fourth-order valence-corrected chi connectivity index (χ4v) is 3.38. The van der Waals surface area contributed by atoms with Crippen molar-refractivity contribution in [2.75, 3.05) is 13.6 Å². The molecule has 0 saturated heterocycles. The molecule has 0 saturated carbocycles. The van der Waals surface area contributed by atoms with Gasteiger partial charge in [-0.25, -0.2) is 8.42 Å². The van der Waals surface area contributed by atoms with Crippen molar-refractivity contribution < 1.29 is 8.42 Å². The number of hydrogen-bond donors (Lipinski definition) is 1. The van der Waals surface area contributed by atoms with E-state index in [9.17, 15) is 8.42 Å². The van der Waals surface area contributed by atoms with Gasteiger partial charge in [0.25, 0.3) is 0 Å². The van der Waals surface area contributed by atoms with E-state index in [0.717, 1.165) is 11.1 Å². The van der Waals surface area contributed by atoms with Crippen LogP contribution in [0.1, 0.15) is 11.1 Å². The predicted molar refractivity (Wildman–Crippen MR) is 60.3 cm³/mol. The van der Waals surface area contributed by atoms with Crippen LogP contribution >= 0.6 is 0 Å². The maximum absolute atomic E-state index is 12.0. The molecule has 0 unspecified atom stereocenters. The molecule has 3 nitrogen and oxygen atoms in total. The fourth-order valence-electron chi connectivity index (χ4n) is 1.71. The summed E-state index contributed by atoms with van der Waals surface area (Å²) in [6.07, 6.45) is 1.74. The van der Waals surface area contributed by atoms with Crippen LogP contribution in [0.5, 0.6) is 0 Å². The molecule has 0 aliphatic carbocycles. The number of aryl methyl sites for hydroxylation is 1. The zero-order valence-electron chi connectivity index (χ0n) is 8.74. The highest BCUT2D eigenvalue weighted by molar-refractivity contribution is 7.95. The lowest BCUT2D eigenvalue weighted by molar-refractivity contribution is 0.601. The van der Waals surface area contributed by atoms with Gasteiger partial charge in [-0.1, -0.05) is 12.1 Å². The van der Waals surface area contributed by atoms with Crippen LogP contribution in [0.2, 0.25) is 0 Å². The Hall–Kier alpha value is -1.13. The van der Waals surface area contributed by atoms with Gasteiger partial charge in [0.1, 0.15) is 0 Å². The molecule has 1 aromatic rings. The van der Waals surface area contributed by atoms with Gasteiger partial charge < -0.3 is 5.32 Å². The number of benzene rings is 1. The quantitative estimate of drug-likeness (QED) is 0.823. The van der Waals surface area contributed by atoms with Crippen LogP contribution in [-0.4, -0.2) is 22.0 Å². The molecule has 0 radical (unpaired) electrons. The van der Waals surface area contributed by atoms with Gasteiger partial charge in [0.05, 0.1) is 9.80 Å². The van der Waals surface area contributed by atoms with E-state index in [1.807, 2.05) is 19.1 Å². The third-order valence-electron chi connectivity index (χ3n) is 2.47.